The van der Waals surface area contributed by atoms with Crippen LogP contribution in [-0.2, 0) is 20.0 Å². The van der Waals surface area contributed by atoms with Crippen LogP contribution in [0, 0.1) is 10.1 Å². The molecule has 0 heterocycles. The predicted molar refractivity (Wildman–Crippen MR) is 58.6 cm³/mol. The number of nitrogens with zero attached hydrogens (tertiary/aromatic N) is 2. The number of hydrogen-bond donors (Lipinski definition) is 0. The summed E-state index contributed by atoms with van der Waals surface area (Å²) in [6, 6.07) is 2.81. The number of hydrogen-bond acceptors (Lipinski definition) is 6. The topological polar surface area (TPSA) is 126 Å². The summed E-state index contributed by atoms with van der Waals surface area (Å²) in [7, 11) is -11.5. The number of alkyl halides is 3. The van der Waals surface area contributed by atoms with Gasteiger partial charge in [-0.15, -0.1) is 0 Å². The molecule has 0 amide bonds. The van der Waals surface area contributed by atoms with Crippen LogP contribution in [0.25, 0.3) is 4.13 Å². The van der Waals surface area contributed by atoms with Crippen molar-refractivity contribution >= 4 is 25.7 Å². The van der Waals surface area contributed by atoms with Crippen molar-refractivity contribution in [3.05, 3.63) is 38.5 Å². The van der Waals surface area contributed by atoms with E-state index in [1.807, 2.05) is 0 Å². The van der Waals surface area contributed by atoms with Crippen LogP contribution in [0.15, 0.2) is 29.2 Å². The third kappa shape index (κ3) is 4.68. The zero-order valence-electron chi connectivity index (χ0n) is 10.1. The zero-order chi connectivity index (χ0) is 15.8. The fraction of sp³-hybridized carbons (Fsp3) is 0.143. The third-order valence-electron chi connectivity index (χ3n) is 1.82. The van der Waals surface area contributed by atoms with E-state index in [2.05, 4.69) is 0 Å². The molecule has 0 atom stereocenters. The molecule has 0 spiro atoms. The molecule has 0 N–H and O–H groups in total. The van der Waals surface area contributed by atoms with E-state index >= 15 is 0 Å². The number of benzene rings is 1. The normalized spacial score (nSPS) is 12.5. The summed E-state index contributed by atoms with van der Waals surface area (Å²) in [5.74, 6) is 0. The van der Waals surface area contributed by atoms with Crippen LogP contribution in [0.5, 0.6) is 0 Å². The SMILES string of the molecule is O=[N+]([O-])c1cccc(S(=O)(=O)[N-]S(=O)(=O)C(F)(F)F)c1.[Li+]. The van der Waals surface area contributed by atoms with Crippen LogP contribution in [0.1, 0.15) is 0 Å². The van der Waals surface area contributed by atoms with Gasteiger partial charge in [-0.25, -0.2) is 16.8 Å². The van der Waals surface area contributed by atoms with Crippen LogP contribution in [-0.4, -0.2) is 27.3 Å². The maximum atomic E-state index is 12.0. The van der Waals surface area contributed by atoms with Crippen molar-refractivity contribution in [1.29, 1.82) is 0 Å². The van der Waals surface area contributed by atoms with Crippen molar-refractivity contribution in [2.75, 3.05) is 0 Å². The molecule has 0 saturated carbocycles. The second kappa shape index (κ2) is 6.32. The van der Waals surface area contributed by atoms with E-state index in [0.29, 0.717) is 12.1 Å². The van der Waals surface area contributed by atoms with Gasteiger partial charge in [0.05, 0.1) is 9.82 Å². The minimum absolute atomic E-state index is 0. The van der Waals surface area contributed by atoms with Crippen molar-refractivity contribution in [3.8, 4) is 0 Å². The molecule has 0 bridgehead atoms. The first-order valence-corrected chi connectivity index (χ1v) is 7.30. The number of non-ortho nitro benzene ring substituents is 1. The van der Waals surface area contributed by atoms with Crippen molar-refractivity contribution in [2.24, 2.45) is 0 Å². The Balaban J connectivity index is 0.00000400. The average Bonchev–Trinajstić information content (AvgIpc) is 2.26. The first-order valence-electron chi connectivity index (χ1n) is 4.42. The van der Waals surface area contributed by atoms with Crippen LogP contribution in [0.3, 0.4) is 0 Å². The molecule has 0 aliphatic heterocycles. The standard InChI is InChI=1S/C7H4F3N2O6S2.Li/c8-7(9,10)20(17,18)11-19(15,16)6-3-1-2-5(4-6)12(13)14;/h1-4H;/q-1;+1. The van der Waals surface area contributed by atoms with Crippen molar-refractivity contribution in [1.82, 2.24) is 0 Å². The smallest absolute Gasteiger partial charge is 0.424 e. The van der Waals surface area contributed by atoms with E-state index in [-0.39, 0.29) is 18.9 Å². The molecule has 0 fully saturated rings. The Labute approximate surface area is 128 Å². The molecular weight excluding hydrogens is 336 g/mol. The molecular formula is C7H4F3LiN2O6S2. The summed E-state index contributed by atoms with van der Waals surface area (Å²) >= 11 is 0. The minimum atomic E-state index is -6.27. The molecule has 0 aliphatic carbocycles. The molecule has 8 nitrogen and oxygen atoms in total. The van der Waals surface area contributed by atoms with E-state index in [0.717, 1.165) is 12.1 Å². The van der Waals surface area contributed by atoms with Crippen molar-refractivity contribution in [3.63, 3.8) is 0 Å². The van der Waals surface area contributed by atoms with Crippen molar-refractivity contribution < 1.29 is 53.8 Å². The molecule has 1 aromatic rings. The first kappa shape index (κ1) is 19.9. The van der Waals surface area contributed by atoms with Gasteiger partial charge < -0.3 is 4.13 Å². The molecule has 21 heavy (non-hydrogen) atoms. The zero-order valence-corrected chi connectivity index (χ0v) is 11.7. The summed E-state index contributed by atoms with van der Waals surface area (Å²) < 4.78 is 82.0. The maximum Gasteiger partial charge on any atom is 1.00 e. The summed E-state index contributed by atoms with van der Waals surface area (Å²) in [6.07, 6.45) is 0. The van der Waals surface area contributed by atoms with E-state index < -0.39 is 41.1 Å². The monoisotopic (exact) mass is 340 g/mol. The molecule has 112 valence electrons. The van der Waals surface area contributed by atoms with Gasteiger partial charge in [0.15, 0.2) is 10.0 Å². The van der Waals surface area contributed by atoms with Crippen LogP contribution in [0.4, 0.5) is 18.9 Å². The van der Waals surface area contributed by atoms with Gasteiger partial charge in [0.25, 0.3) is 5.69 Å². The number of nitro groups is 1. The fourth-order valence-electron chi connectivity index (χ4n) is 0.972. The Morgan fingerprint density at radius 3 is 2.10 bits per heavy atom. The van der Waals surface area contributed by atoms with Gasteiger partial charge in [-0.05, 0) is 6.07 Å². The maximum absolute atomic E-state index is 12.0. The van der Waals surface area contributed by atoms with Gasteiger partial charge in [-0.3, -0.25) is 10.1 Å². The second-order valence-corrected chi connectivity index (χ2v) is 6.66. The van der Waals surface area contributed by atoms with E-state index in [4.69, 9.17) is 0 Å². The minimum Gasteiger partial charge on any atom is -0.424 e. The van der Waals surface area contributed by atoms with Gasteiger partial charge in [0, 0.05) is 12.1 Å². The molecule has 1 rings (SSSR count). The molecule has 0 aromatic heterocycles. The van der Waals surface area contributed by atoms with Crippen LogP contribution >= 0.6 is 0 Å². The number of rotatable bonds is 4. The molecule has 1 aromatic carbocycles. The van der Waals surface area contributed by atoms with Gasteiger partial charge >= 0.3 is 24.4 Å². The van der Waals surface area contributed by atoms with Gasteiger partial charge in [0.1, 0.15) is 10.0 Å². The van der Waals surface area contributed by atoms with Gasteiger partial charge in [-0.2, -0.15) is 13.2 Å². The summed E-state index contributed by atoms with van der Waals surface area (Å²) in [4.78, 5) is 8.36. The third-order valence-corrected chi connectivity index (χ3v) is 4.82. The Hall–Kier alpha value is -1.13. The average molecular weight is 340 g/mol. The predicted octanol–water partition coefficient (Wildman–Crippen LogP) is -1.49. The van der Waals surface area contributed by atoms with E-state index in [1.54, 1.807) is 4.13 Å². The quantitative estimate of drug-likeness (QED) is 0.373. The molecule has 0 unspecified atom stereocenters. The first-order chi connectivity index (χ1) is 8.87. The van der Waals surface area contributed by atoms with Crippen LogP contribution in [0.2, 0.25) is 0 Å². The molecule has 0 radical (unpaired) electrons. The molecule has 14 heteroatoms. The second-order valence-electron chi connectivity index (χ2n) is 3.22. The van der Waals surface area contributed by atoms with E-state index in [9.17, 15) is 40.1 Å². The van der Waals surface area contributed by atoms with Crippen LogP contribution < -0.4 is 18.9 Å². The summed E-state index contributed by atoms with van der Waals surface area (Å²) in [5, 5.41) is 10.4. The largest absolute Gasteiger partial charge is 1.00 e. The number of sulfonamides is 2. The van der Waals surface area contributed by atoms with Crippen molar-refractivity contribution in [2.45, 2.75) is 10.4 Å². The summed E-state index contributed by atoms with van der Waals surface area (Å²) in [5.41, 5.74) is -6.63. The Morgan fingerprint density at radius 1 is 1.14 bits per heavy atom. The fourth-order valence-corrected chi connectivity index (χ4v) is 3.21. The number of nitro benzene ring substituents is 1. The van der Waals surface area contributed by atoms with Gasteiger partial charge in [-0.1, -0.05) is 6.07 Å². The Kier molecular flexibility index (Phi) is 5.98. The molecule has 0 aliphatic rings. The number of halogens is 3. The molecule has 0 saturated heterocycles. The van der Waals surface area contributed by atoms with Gasteiger partial charge in [0.2, 0.25) is 0 Å². The Bertz CT molecular complexity index is 746. The summed E-state index contributed by atoms with van der Waals surface area (Å²) in [6.45, 7) is 0. The van der Waals surface area contributed by atoms with E-state index in [1.165, 1.54) is 0 Å². The Morgan fingerprint density at radius 2 is 1.67 bits per heavy atom.